The Morgan fingerprint density at radius 1 is 1.33 bits per heavy atom. The molecule has 0 fully saturated rings. The minimum absolute atomic E-state index is 0. The van der Waals surface area contributed by atoms with Gasteiger partial charge < -0.3 is 13.1 Å². The van der Waals surface area contributed by atoms with E-state index in [-0.39, 0.29) is 25.9 Å². The van der Waals surface area contributed by atoms with Gasteiger partial charge in [-0.05, 0) is 5.56 Å². The van der Waals surface area contributed by atoms with Gasteiger partial charge in [0.15, 0.2) is 6.10 Å². The maximum absolute atomic E-state index is 10.2. The molecule has 1 aromatic carbocycles. The zero-order valence-corrected chi connectivity index (χ0v) is 7.89. The second-order valence-corrected chi connectivity index (χ2v) is 2.15. The zero-order valence-electron chi connectivity index (χ0n) is 8.47. The minimum atomic E-state index is -1.41. The number of rotatable bonds is 2. The van der Waals surface area contributed by atoms with Gasteiger partial charge in [-0.25, -0.2) is 4.79 Å². The van der Waals surface area contributed by atoms with Crippen LogP contribution in [0.1, 0.15) is 14.5 Å². The Kier molecular flexibility index (Phi) is 4.88. The molecule has 0 spiro atoms. The summed E-state index contributed by atoms with van der Waals surface area (Å²) in [5.74, 6) is -1.23. The molecule has 0 saturated carbocycles. The Hall–Kier alpha value is -0.584. The summed E-state index contributed by atoms with van der Waals surface area (Å²) in [5, 5.41) is 17.4. The molecular weight excluding hydrogens is 168 g/mol. The van der Waals surface area contributed by atoms with E-state index in [1.54, 1.807) is 30.3 Å². The van der Waals surface area contributed by atoms with Crippen molar-refractivity contribution in [3.63, 3.8) is 0 Å². The van der Waals surface area contributed by atoms with Gasteiger partial charge >= 0.3 is 29.0 Å². The molecule has 3 nitrogen and oxygen atoms in total. The molecule has 1 rings (SSSR count). The fourth-order valence-electron chi connectivity index (χ4n) is 0.778. The molecule has 0 aromatic heterocycles. The summed E-state index contributed by atoms with van der Waals surface area (Å²) in [5.41, 5.74) is 0.403. The predicted octanol–water partition coefficient (Wildman–Crippen LogP) is 0.649. The van der Waals surface area contributed by atoms with Gasteiger partial charge in [-0.2, -0.15) is 0 Å². The molecule has 1 unspecified atom stereocenters. The van der Waals surface area contributed by atoms with Crippen molar-refractivity contribution in [1.82, 2.24) is 0 Å². The van der Waals surface area contributed by atoms with Crippen molar-refractivity contribution < 1.29 is 17.9 Å². The summed E-state index contributed by atoms with van der Waals surface area (Å²) >= 11 is 0. The van der Waals surface area contributed by atoms with Crippen molar-refractivity contribution in [2.24, 2.45) is 0 Å². The van der Waals surface area contributed by atoms with Crippen LogP contribution >= 0.6 is 0 Å². The number of carboxylic acids is 1. The van der Waals surface area contributed by atoms with E-state index in [1.165, 1.54) is 0 Å². The average Bonchev–Trinajstić information content (AvgIpc) is 2.05. The third kappa shape index (κ3) is 2.81. The number of hydrogen-bond acceptors (Lipinski definition) is 2. The van der Waals surface area contributed by atoms with Crippen LogP contribution < -0.4 is 0 Å². The fraction of sp³-hybridized carbons (Fsp3) is 0.125. The van der Waals surface area contributed by atoms with Crippen LogP contribution in [0.3, 0.4) is 0 Å². The number of hydrogen-bond donors (Lipinski definition) is 2. The monoisotopic (exact) mass is 178 g/mol. The van der Waals surface area contributed by atoms with E-state index in [9.17, 15) is 4.79 Å². The van der Waals surface area contributed by atoms with Crippen LogP contribution in [0.4, 0.5) is 0 Å². The van der Waals surface area contributed by atoms with Crippen molar-refractivity contribution >= 4 is 29.0 Å². The van der Waals surface area contributed by atoms with Gasteiger partial charge in [0.25, 0.3) is 0 Å². The Labute approximate surface area is 89.2 Å². The first-order valence-electron chi connectivity index (χ1n) is 3.17. The quantitative estimate of drug-likeness (QED) is 0.654. The van der Waals surface area contributed by atoms with Gasteiger partial charge in [0.2, 0.25) is 0 Å². The van der Waals surface area contributed by atoms with E-state index in [4.69, 9.17) is 10.2 Å². The second kappa shape index (κ2) is 5.13. The van der Waals surface area contributed by atoms with Crippen molar-refractivity contribution in [2.45, 2.75) is 6.10 Å². The summed E-state index contributed by atoms with van der Waals surface area (Å²) in [4.78, 5) is 10.2. The SMILES string of the molecule is O=C(O)C(O)c1ccccc1.[H-].[H-].[Mg+2]. The van der Waals surface area contributed by atoms with Crippen molar-refractivity contribution in [3.05, 3.63) is 35.9 Å². The van der Waals surface area contributed by atoms with Crippen LogP contribution in [0, 0.1) is 0 Å². The molecule has 0 amide bonds. The molecule has 1 aromatic rings. The third-order valence-corrected chi connectivity index (χ3v) is 1.35. The summed E-state index contributed by atoms with van der Waals surface area (Å²) < 4.78 is 0. The first kappa shape index (κ1) is 11.4. The first-order chi connectivity index (χ1) is 5.22. The average molecular weight is 178 g/mol. The molecule has 0 aliphatic rings. The summed E-state index contributed by atoms with van der Waals surface area (Å²) in [6.45, 7) is 0. The molecule has 0 aliphatic carbocycles. The van der Waals surface area contributed by atoms with Gasteiger partial charge in [-0.3, -0.25) is 0 Å². The van der Waals surface area contributed by atoms with Crippen molar-refractivity contribution in [2.75, 3.05) is 0 Å². The molecule has 12 heavy (non-hydrogen) atoms. The van der Waals surface area contributed by atoms with Crippen molar-refractivity contribution in [1.29, 1.82) is 0 Å². The van der Waals surface area contributed by atoms with Gasteiger partial charge in [-0.15, -0.1) is 0 Å². The van der Waals surface area contributed by atoms with Crippen LogP contribution in [0.5, 0.6) is 0 Å². The molecule has 0 saturated heterocycles. The van der Waals surface area contributed by atoms with E-state index in [0.717, 1.165) is 0 Å². The maximum atomic E-state index is 10.2. The maximum Gasteiger partial charge on any atom is 2.00 e. The number of aliphatic carboxylic acids is 1. The predicted molar refractivity (Wildman–Crippen MR) is 47.0 cm³/mol. The topological polar surface area (TPSA) is 57.5 Å². The Bertz CT molecular complexity index is 256. The first-order valence-corrected chi connectivity index (χ1v) is 3.17. The Balaban J connectivity index is -0.000000403. The van der Waals surface area contributed by atoms with Gasteiger partial charge in [0.05, 0.1) is 0 Å². The second-order valence-electron chi connectivity index (χ2n) is 2.15. The van der Waals surface area contributed by atoms with Crippen LogP contribution in [0.15, 0.2) is 30.3 Å². The summed E-state index contributed by atoms with van der Waals surface area (Å²) in [7, 11) is 0. The van der Waals surface area contributed by atoms with Gasteiger partial charge in [-0.1, -0.05) is 30.3 Å². The van der Waals surface area contributed by atoms with E-state index in [0.29, 0.717) is 5.56 Å². The smallest absolute Gasteiger partial charge is 1.00 e. The van der Waals surface area contributed by atoms with Crippen molar-refractivity contribution in [3.8, 4) is 0 Å². The molecule has 0 bridgehead atoms. The summed E-state index contributed by atoms with van der Waals surface area (Å²) in [6, 6.07) is 8.26. The number of benzene rings is 1. The molecule has 2 N–H and O–H groups in total. The normalized spacial score (nSPS) is 11.4. The Morgan fingerprint density at radius 2 is 1.83 bits per heavy atom. The molecule has 1 atom stereocenters. The van der Waals surface area contributed by atoms with Gasteiger partial charge in [0.1, 0.15) is 0 Å². The van der Waals surface area contributed by atoms with E-state index < -0.39 is 12.1 Å². The fourth-order valence-corrected chi connectivity index (χ4v) is 0.778. The molecule has 0 aliphatic heterocycles. The molecule has 0 radical (unpaired) electrons. The largest absolute Gasteiger partial charge is 2.00 e. The molecule has 0 heterocycles. The van der Waals surface area contributed by atoms with Crippen LogP contribution in [-0.2, 0) is 4.79 Å². The van der Waals surface area contributed by atoms with Gasteiger partial charge in [0, 0.05) is 0 Å². The molecule has 4 heteroatoms. The number of aliphatic hydroxyl groups excluding tert-OH is 1. The third-order valence-electron chi connectivity index (χ3n) is 1.35. The summed E-state index contributed by atoms with van der Waals surface area (Å²) in [6.07, 6.45) is -1.41. The zero-order chi connectivity index (χ0) is 8.27. The van der Waals surface area contributed by atoms with E-state index in [1.807, 2.05) is 0 Å². The standard InChI is InChI=1S/C8H8O3.Mg.2H/c9-7(8(10)11)6-4-2-1-3-5-6;;;/h1-5,7,9H,(H,10,11);;;/q;+2;2*-1. The number of carbonyl (C=O) groups is 1. The Morgan fingerprint density at radius 3 is 2.25 bits per heavy atom. The van der Waals surface area contributed by atoms with Crippen LogP contribution in [0.2, 0.25) is 0 Å². The minimum Gasteiger partial charge on any atom is -1.00 e. The molecular formula is C8H10MgO3. The van der Waals surface area contributed by atoms with E-state index in [2.05, 4.69) is 0 Å². The number of aliphatic hydroxyl groups is 1. The number of carboxylic acid groups (broad SMARTS) is 1. The van der Waals surface area contributed by atoms with Crippen LogP contribution in [-0.4, -0.2) is 39.2 Å². The van der Waals surface area contributed by atoms with Crippen LogP contribution in [0.25, 0.3) is 0 Å². The molecule has 62 valence electrons. The van der Waals surface area contributed by atoms with E-state index >= 15 is 0 Å².